The Morgan fingerprint density at radius 2 is 1.50 bits per heavy atom. The molecular weight excluding hydrogens is 158 g/mol. The lowest BCUT2D eigenvalue weighted by Gasteiger charge is -1.84. The molecule has 3 heteroatoms. The molecule has 0 bridgehead atoms. The van der Waals surface area contributed by atoms with Gasteiger partial charge in [0.1, 0.15) is 11.6 Å². The summed E-state index contributed by atoms with van der Waals surface area (Å²) in [4.78, 5) is 0. The molecule has 0 heterocycles. The average Bonchev–Trinajstić information content (AvgIpc) is 1.91. The molecule has 1 aromatic carbocycles. The van der Waals surface area contributed by atoms with E-state index in [1.165, 1.54) is 24.6 Å². The van der Waals surface area contributed by atoms with Crippen LogP contribution in [0.3, 0.4) is 0 Å². The van der Waals surface area contributed by atoms with E-state index in [0.29, 0.717) is 0 Å². The molecule has 0 amide bonds. The second-order valence-electron chi connectivity index (χ2n) is 1.44. The van der Waals surface area contributed by atoms with Gasteiger partial charge in [0.15, 0.2) is 0 Å². The number of hydrogen-bond acceptors (Lipinski definition) is 0. The first-order chi connectivity index (χ1) is 4.79. The summed E-state index contributed by atoms with van der Waals surface area (Å²) in [5.74, 6) is -1.07. The summed E-state index contributed by atoms with van der Waals surface area (Å²) in [6.07, 6.45) is 1.47. The van der Waals surface area contributed by atoms with Crippen LogP contribution >= 0.6 is 11.6 Å². The van der Waals surface area contributed by atoms with Gasteiger partial charge in [0, 0.05) is 12.4 Å². The van der Waals surface area contributed by atoms with Crippen LogP contribution in [0, 0.1) is 11.6 Å². The Balaban J connectivity index is 0.000000371. The number of halogens is 3. The highest BCUT2D eigenvalue weighted by Crippen LogP contribution is 1.99. The van der Waals surface area contributed by atoms with Crippen LogP contribution in [-0.2, 0) is 0 Å². The summed E-state index contributed by atoms with van der Waals surface area (Å²) in [6.45, 7) is 0. The van der Waals surface area contributed by atoms with E-state index in [9.17, 15) is 8.78 Å². The maximum Gasteiger partial charge on any atom is 0.126 e. The van der Waals surface area contributed by atoms with Gasteiger partial charge < -0.3 is 0 Å². The Kier molecular flexibility index (Phi) is 4.85. The number of hydrogen-bond donors (Lipinski definition) is 0. The molecule has 0 aromatic heterocycles. The van der Waals surface area contributed by atoms with Crippen LogP contribution in [0.2, 0.25) is 0 Å². The molecule has 0 saturated heterocycles. The summed E-state index contributed by atoms with van der Waals surface area (Å²) < 4.78 is 23.9. The fourth-order valence-corrected chi connectivity index (χ4v) is 0.460. The van der Waals surface area contributed by atoms with Gasteiger partial charge in [-0.3, -0.25) is 0 Å². The molecule has 1 rings (SSSR count). The van der Waals surface area contributed by atoms with Crippen molar-refractivity contribution in [3.05, 3.63) is 35.9 Å². The lowest BCUT2D eigenvalue weighted by molar-refractivity contribution is 0.583. The Labute approximate surface area is 63.4 Å². The van der Waals surface area contributed by atoms with E-state index < -0.39 is 11.6 Å². The van der Waals surface area contributed by atoms with Crippen molar-refractivity contribution in [3.63, 3.8) is 0 Å². The van der Waals surface area contributed by atoms with Crippen molar-refractivity contribution in [1.82, 2.24) is 0 Å². The molecule has 0 unspecified atom stereocenters. The van der Waals surface area contributed by atoms with E-state index in [-0.39, 0.29) is 0 Å². The van der Waals surface area contributed by atoms with Crippen LogP contribution in [0.15, 0.2) is 24.3 Å². The van der Waals surface area contributed by atoms with Crippen LogP contribution in [-0.4, -0.2) is 6.38 Å². The molecule has 0 nitrogen and oxygen atoms in total. The third-order valence-corrected chi connectivity index (χ3v) is 0.787. The molecule has 0 fully saturated rings. The molecule has 1 aromatic rings. The molecule has 0 saturated carbocycles. The van der Waals surface area contributed by atoms with Crippen LogP contribution in [0.1, 0.15) is 0 Å². The quantitative estimate of drug-likeness (QED) is 0.518. The van der Waals surface area contributed by atoms with Gasteiger partial charge in [-0.1, -0.05) is 6.07 Å². The molecule has 0 spiro atoms. The summed E-state index contributed by atoms with van der Waals surface area (Å²) in [5, 5.41) is 0. The van der Waals surface area contributed by atoms with Crippen molar-refractivity contribution in [2.75, 3.05) is 6.38 Å². The van der Waals surface area contributed by atoms with E-state index in [2.05, 4.69) is 11.6 Å². The molecule has 10 heavy (non-hydrogen) atoms. The Bertz CT molecular complexity index is 171. The molecule has 0 aliphatic heterocycles. The van der Waals surface area contributed by atoms with Gasteiger partial charge in [0.05, 0.1) is 0 Å². The standard InChI is InChI=1S/C6H4F2.CH3Cl/c7-5-2-1-3-6(8)4-5;1-2/h1-4H;1H3. The molecular formula is C7H7ClF2. The smallest absolute Gasteiger partial charge is 0.126 e. The number of rotatable bonds is 0. The Hall–Kier alpha value is -0.630. The molecule has 0 aliphatic carbocycles. The van der Waals surface area contributed by atoms with E-state index in [1.54, 1.807) is 0 Å². The molecule has 0 N–H and O–H groups in total. The molecule has 0 aliphatic rings. The van der Waals surface area contributed by atoms with E-state index in [1.807, 2.05) is 0 Å². The summed E-state index contributed by atoms with van der Waals surface area (Å²) in [5.41, 5.74) is 0. The highest BCUT2D eigenvalue weighted by molar-refractivity contribution is 6.15. The lowest BCUT2D eigenvalue weighted by Crippen LogP contribution is -1.73. The highest BCUT2D eigenvalue weighted by atomic mass is 35.5. The molecule has 0 atom stereocenters. The van der Waals surface area contributed by atoms with Gasteiger partial charge in [-0.2, -0.15) is 0 Å². The first kappa shape index (κ1) is 9.37. The first-order valence-electron chi connectivity index (χ1n) is 2.58. The zero-order valence-electron chi connectivity index (χ0n) is 5.44. The van der Waals surface area contributed by atoms with Crippen molar-refractivity contribution in [1.29, 1.82) is 0 Å². The van der Waals surface area contributed by atoms with Crippen LogP contribution in [0.25, 0.3) is 0 Å². The lowest BCUT2D eigenvalue weighted by atomic mass is 10.3. The normalized spacial score (nSPS) is 8.00. The maximum absolute atomic E-state index is 11.9. The van der Waals surface area contributed by atoms with E-state index in [0.717, 1.165) is 6.07 Å². The average molecular weight is 165 g/mol. The van der Waals surface area contributed by atoms with Crippen LogP contribution in [0.4, 0.5) is 8.78 Å². The first-order valence-corrected chi connectivity index (χ1v) is 3.33. The maximum atomic E-state index is 11.9. The van der Waals surface area contributed by atoms with E-state index >= 15 is 0 Å². The minimum Gasteiger partial charge on any atom is -0.207 e. The van der Waals surface area contributed by atoms with Crippen LogP contribution in [0.5, 0.6) is 0 Å². The van der Waals surface area contributed by atoms with Crippen molar-refractivity contribution in [3.8, 4) is 0 Å². The third-order valence-electron chi connectivity index (χ3n) is 0.787. The predicted molar refractivity (Wildman–Crippen MR) is 38.1 cm³/mol. The second kappa shape index (κ2) is 5.18. The fourth-order valence-electron chi connectivity index (χ4n) is 0.460. The summed E-state index contributed by atoms with van der Waals surface area (Å²) in [7, 11) is 0. The van der Waals surface area contributed by atoms with Crippen molar-refractivity contribution in [2.45, 2.75) is 0 Å². The minimum absolute atomic E-state index is 0.537. The van der Waals surface area contributed by atoms with Crippen LogP contribution < -0.4 is 0 Å². The van der Waals surface area contributed by atoms with Crippen molar-refractivity contribution < 1.29 is 8.78 Å². The number of alkyl halides is 1. The topological polar surface area (TPSA) is 0 Å². The largest absolute Gasteiger partial charge is 0.207 e. The third kappa shape index (κ3) is 3.41. The van der Waals surface area contributed by atoms with Gasteiger partial charge in [0.2, 0.25) is 0 Å². The van der Waals surface area contributed by atoms with Crippen molar-refractivity contribution >= 4 is 11.6 Å². The molecule has 0 radical (unpaired) electrons. The van der Waals surface area contributed by atoms with Gasteiger partial charge in [-0.25, -0.2) is 8.78 Å². The highest BCUT2D eigenvalue weighted by Gasteiger charge is 1.88. The Morgan fingerprint density at radius 3 is 1.70 bits per heavy atom. The van der Waals surface area contributed by atoms with Gasteiger partial charge in [-0.05, 0) is 12.1 Å². The zero-order chi connectivity index (χ0) is 7.98. The summed E-state index contributed by atoms with van der Waals surface area (Å²) in [6, 6.07) is 4.55. The van der Waals surface area contributed by atoms with E-state index in [4.69, 9.17) is 0 Å². The summed E-state index contributed by atoms with van der Waals surface area (Å²) >= 11 is 4.64. The molecule has 56 valence electrons. The predicted octanol–water partition coefficient (Wildman–Crippen LogP) is 2.82. The SMILES string of the molecule is CCl.Fc1cccc(F)c1. The monoisotopic (exact) mass is 164 g/mol. The number of benzene rings is 1. The Morgan fingerprint density at radius 1 is 1.10 bits per heavy atom. The minimum atomic E-state index is -0.537. The second-order valence-corrected chi connectivity index (χ2v) is 1.44. The van der Waals surface area contributed by atoms with Crippen molar-refractivity contribution in [2.24, 2.45) is 0 Å². The van der Waals surface area contributed by atoms with Gasteiger partial charge >= 0.3 is 0 Å². The van der Waals surface area contributed by atoms with Gasteiger partial charge in [0.25, 0.3) is 0 Å². The van der Waals surface area contributed by atoms with Gasteiger partial charge in [-0.15, -0.1) is 11.6 Å². The zero-order valence-corrected chi connectivity index (χ0v) is 6.20. The fraction of sp³-hybridized carbons (Fsp3) is 0.143.